The molecule has 0 saturated carbocycles. The normalized spacial score (nSPS) is 11.7. The van der Waals surface area contributed by atoms with Gasteiger partial charge in [-0.15, -0.1) is 0 Å². The second kappa shape index (κ2) is 12.6. The second-order valence-electron chi connectivity index (χ2n) is 10.6. The zero-order chi connectivity index (χ0) is 29.6. The van der Waals surface area contributed by atoms with E-state index < -0.39 is 29.3 Å². The molecular weight excluding hydrogens is 508 g/mol. The topological polar surface area (TPSA) is 104 Å². The number of amides is 1. The van der Waals surface area contributed by atoms with E-state index in [2.05, 4.69) is 10.3 Å². The first-order valence-corrected chi connectivity index (χ1v) is 12.9. The van der Waals surface area contributed by atoms with Crippen LogP contribution in [-0.4, -0.2) is 36.0 Å². The average molecular weight is 545 g/mol. The summed E-state index contributed by atoms with van der Waals surface area (Å²) in [6.07, 6.45) is 1.35. The summed E-state index contributed by atoms with van der Waals surface area (Å²) >= 11 is 0. The molecule has 0 bridgehead atoms. The van der Waals surface area contributed by atoms with Gasteiger partial charge in [-0.25, -0.2) is 9.78 Å². The molecule has 8 nitrogen and oxygen atoms in total. The number of carbonyl (C=O) groups is 3. The first kappa shape index (κ1) is 30.1. The molecular formula is C32H36N2O6. The average Bonchev–Trinajstić information content (AvgIpc) is 2.90. The number of nitrogens with one attached hydrogen (secondary N) is 1. The van der Waals surface area contributed by atoms with Crippen molar-refractivity contribution < 1.29 is 28.6 Å². The summed E-state index contributed by atoms with van der Waals surface area (Å²) < 4.78 is 16.5. The minimum Gasteiger partial charge on any atom is -0.493 e. The fourth-order valence-electron chi connectivity index (χ4n) is 3.73. The van der Waals surface area contributed by atoms with Crippen molar-refractivity contribution in [3.05, 3.63) is 94.5 Å². The van der Waals surface area contributed by atoms with Crippen molar-refractivity contribution in [3.63, 3.8) is 0 Å². The van der Waals surface area contributed by atoms with E-state index in [1.807, 2.05) is 62.4 Å². The summed E-state index contributed by atoms with van der Waals surface area (Å²) in [5.74, 6) is -1.54. The van der Waals surface area contributed by atoms with Crippen molar-refractivity contribution in [2.75, 3.05) is 7.11 Å². The van der Waals surface area contributed by atoms with Crippen LogP contribution in [-0.2, 0) is 14.3 Å². The van der Waals surface area contributed by atoms with Crippen molar-refractivity contribution in [3.8, 4) is 11.5 Å². The number of carbonyl (C=O) groups excluding carboxylic acids is 3. The number of hydrogen-bond acceptors (Lipinski definition) is 7. The Morgan fingerprint density at radius 2 is 1.40 bits per heavy atom. The van der Waals surface area contributed by atoms with Crippen molar-refractivity contribution >= 4 is 23.4 Å². The van der Waals surface area contributed by atoms with Crippen LogP contribution in [0.3, 0.4) is 0 Å². The molecule has 2 aromatic carbocycles. The summed E-state index contributed by atoms with van der Waals surface area (Å²) in [5.41, 5.74) is 3.74. The van der Waals surface area contributed by atoms with E-state index in [-0.39, 0.29) is 17.2 Å². The van der Waals surface area contributed by atoms with Gasteiger partial charge in [0.15, 0.2) is 11.4 Å². The number of esters is 2. The standard InChI is InChI=1S/C32H36N2O6/c1-19-9-13-23(14-10-19)26(24-15-11-20(2)12-16-24)22(4)39-30(36)21(3)34-29(35)27-28(25(38-8)17-18-33-27)40-31(37)32(5,6)7/h9-18,21H,1-8H3,(H,34,35)/t21-/m0/s1. The maximum Gasteiger partial charge on any atom is 0.333 e. The zero-order valence-corrected chi connectivity index (χ0v) is 24.2. The largest absolute Gasteiger partial charge is 0.493 e. The van der Waals surface area contributed by atoms with Gasteiger partial charge in [0.25, 0.3) is 5.91 Å². The van der Waals surface area contributed by atoms with Gasteiger partial charge in [-0.3, -0.25) is 9.59 Å². The van der Waals surface area contributed by atoms with Gasteiger partial charge in [0, 0.05) is 17.8 Å². The van der Waals surface area contributed by atoms with Gasteiger partial charge in [0.2, 0.25) is 5.75 Å². The Labute approximate surface area is 235 Å². The highest BCUT2D eigenvalue weighted by Crippen LogP contribution is 2.32. The van der Waals surface area contributed by atoms with Crippen LogP contribution in [0.2, 0.25) is 0 Å². The minimum atomic E-state index is -1.04. The number of aryl methyl sites for hydroxylation is 2. The summed E-state index contributed by atoms with van der Waals surface area (Å²) in [5, 5.41) is 2.59. The van der Waals surface area contributed by atoms with Crippen LogP contribution < -0.4 is 14.8 Å². The summed E-state index contributed by atoms with van der Waals surface area (Å²) in [4.78, 5) is 42.9. The molecule has 1 heterocycles. The second-order valence-corrected chi connectivity index (χ2v) is 10.6. The van der Waals surface area contributed by atoms with Crippen LogP contribution in [0.5, 0.6) is 11.5 Å². The van der Waals surface area contributed by atoms with Crippen LogP contribution in [0, 0.1) is 19.3 Å². The third kappa shape index (κ3) is 7.34. The van der Waals surface area contributed by atoms with E-state index >= 15 is 0 Å². The van der Waals surface area contributed by atoms with Crippen LogP contribution in [0.4, 0.5) is 0 Å². The van der Waals surface area contributed by atoms with Crippen LogP contribution >= 0.6 is 0 Å². The lowest BCUT2D eigenvalue weighted by atomic mass is 9.95. The van der Waals surface area contributed by atoms with E-state index in [1.165, 1.54) is 26.3 Å². The van der Waals surface area contributed by atoms with Crippen LogP contribution in [0.15, 0.2) is 66.6 Å². The molecule has 210 valence electrons. The molecule has 1 N–H and O–H groups in total. The molecule has 1 amide bonds. The Morgan fingerprint density at radius 1 is 0.875 bits per heavy atom. The molecule has 0 saturated heterocycles. The van der Waals surface area contributed by atoms with Crippen molar-refractivity contribution in [1.82, 2.24) is 10.3 Å². The molecule has 0 fully saturated rings. The highest BCUT2D eigenvalue weighted by molar-refractivity contribution is 5.99. The first-order valence-electron chi connectivity index (χ1n) is 12.9. The van der Waals surface area contributed by atoms with Crippen molar-refractivity contribution in [1.29, 1.82) is 0 Å². The molecule has 0 aliphatic rings. The predicted octanol–water partition coefficient (Wildman–Crippen LogP) is 5.80. The Balaban J connectivity index is 1.86. The zero-order valence-electron chi connectivity index (χ0n) is 24.2. The van der Waals surface area contributed by atoms with E-state index in [0.29, 0.717) is 5.76 Å². The quantitative estimate of drug-likeness (QED) is 0.282. The lowest BCUT2D eigenvalue weighted by Gasteiger charge is -2.20. The Morgan fingerprint density at radius 3 is 1.88 bits per heavy atom. The first-order chi connectivity index (χ1) is 18.8. The number of methoxy groups -OCH3 is 1. The maximum atomic E-state index is 13.2. The number of allylic oxidation sites excluding steroid dienone is 1. The fourth-order valence-corrected chi connectivity index (χ4v) is 3.73. The molecule has 0 aliphatic carbocycles. The lowest BCUT2D eigenvalue weighted by Crippen LogP contribution is -2.40. The molecule has 0 radical (unpaired) electrons. The van der Waals surface area contributed by atoms with Gasteiger partial charge in [-0.05, 0) is 59.6 Å². The van der Waals surface area contributed by atoms with Crippen molar-refractivity contribution in [2.45, 2.75) is 54.5 Å². The summed E-state index contributed by atoms with van der Waals surface area (Å²) in [7, 11) is 1.39. The summed E-state index contributed by atoms with van der Waals surface area (Å²) in [6.45, 7) is 12.3. The number of pyridine rings is 1. The fraction of sp³-hybridized carbons (Fsp3) is 0.312. The molecule has 3 aromatic rings. The third-order valence-electron chi connectivity index (χ3n) is 6.10. The van der Waals surface area contributed by atoms with Gasteiger partial charge >= 0.3 is 11.9 Å². The number of aromatic nitrogens is 1. The molecule has 1 atom stereocenters. The molecule has 0 aliphatic heterocycles. The van der Waals surface area contributed by atoms with E-state index in [1.54, 1.807) is 27.7 Å². The highest BCUT2D eigenvalue weighted by atomic mass is 16.6. The van der Waals surface area contributed by atoms with Crippen LogP contribution in [0.25, 0.3) is 5.57 Å². The van der Waals surface area contributed by atoms with E-state index in [0.717, 1.165) is 27.8 Å². The lowest BCUT2D eigenvalue weighted by molar-refractivity contribution is -0.143. The predicted molar refractivity (Wildman–Crippen MR) is 153 cm³/mol. The number of hydrogen-bond donors (Lipinski definition) is 1. The Hall–Kier alpha value is -4.46. The number of ether oxygens (including phenoxy) is 3. The van der Waals surface area contributed by atoms with E-state index in [9.17, 15) is 14.4 Å². The molecule has 40 heavy (non-hydrogen) atoms. The van der Waals surface area contributed by atoms with Gasteiger partial charge in [0.1, 0.15) is 11.8 Å². The monoisotopic (exact) mass is 544 g/mol. The van der Waals surface area contributed by atoms with Gasteiger partial charge in [-0.2, -0.15) is 0 Å². The van der Waals surface area contributed by atoms with Gasteiger partial charge < -0.3 is 19.5 Å². The van der Waals surface area contributed by atoms with Crippen molar-refractivity contribution in [2.24, 2.45) is 5.41 Å². The number of rotatable bonds is 8. The Bertz CT molecular complexity index is 1370. The Kier molecular flexibility index (Phi) is 9.47. The van der Waals surface area contributed by atoms with Crippen LogP contribution in [0.1, 0.15) is 67.4 Å². The molecule has 3 rings (SSSR count). The minimum absolute atomic E-state index is 0.125. The third-order valence-corrected chi connectivity index (χ3v) is 6.10. The molecule has 0 spiro atoms. The van der Waals surface area contributed by atoms with E-state index in [4.69, 9.17) is 14.2 Å². The maximum absolute atomic E-state index is 13.2. The molecule has 0 unspecified atom stereocenters. The SMILES string of the molecule is COc1ccnc(C(=O)N[C@@H](C)C(=O)OC(C)=C(c2ccc(C)cc2)c2ccc(C)cc2)c1OC(=O)C(C)(C)C. The smallest absolute Gasteiger partial charge is 0.333 e. The van der Waals surface area contributed by atoms with Gasteiger partial charge in [-0.1, -0.05) is 59.7 Å². The highest BCUT2D eigenvalue weighted by Gasteiger charge is 2.30. The number of benzene rings is 2. The molecule has 8 heteroatoms. The number of nitrogens with zero attached hydrogens (tertiary/aromatic N) is 1. The van der Waals surface area contributed by atoms with Gasteiger partial charge in [0.05, 0.1) is 12.5 Å². The summed E-state index contributed by atoms with van der Waals surface area (Å²) in [6, 6.07) is 16.3. The molecule has 1 aromatic heterocycles.